The molecule has 0 unspecified atom stereocenters. The van der Waals surface area contributed by atoms with E-state index in [-0.39, 0.29) is 19.0 Å². The van der Waals surface area contributed by atoms with Crippen LogP contribution in [0, 0.1) is 13.8 Å². The first-order valence-corrected chi connectivity index (χ1v) is 8.41. The minimum absolute atomic E-state index is 0.0125. The van der Waals surface area contributed by atoms with Crippen molar-refractivity contribution >= 4 is 11.3 Å². The highest BCUT2D eigenvalue weighted by molar-refractivity contribution is 7.13. The van der Waals surface area contributed by atoms with Crippen molar-refractivity contribution in [2.75, 3.05) is 6.61 Å². The van der Waals surface area contributed by atoms with Crippen LogP contribution in [0.3, 0.4) is 0 Å². The molecule has 0 spiro atoms. The third kappa shape index (κ3) is 3.74. The highest BCUT2D eigenvalue weighted by Crippen LogP contribution is 2.21. The quantitative estimate of drug-likeness (QED) is 0.742. The number of aryl methyl sites for hydroxylation is 2. The van der Waals surface area contributed by atoms with Gasteiger partial charge in [0.15, 0.2) is 0 Å². The summed E-state index contributed by atoms with van der Waals surface area (Å²) in [5, 5.41) is 16.1. The van der Waals surface area contributed by atoms with Gasteiger partial charge in [-0.3, -0.25) is 0 Å². The van der Waals surface area contributed by atoms with Crippen LogP contribution < -0.4 is 10.5 Å². The number of aliphatic hydroxyl groups is 1. The number of nitrogens with zero attached hydrogens (tertiary/aromatic N) is 2. The molecule has 0 fully saturated rings. The molecule has 3 aromatic rings. The van der Waals surface area contributed by atoms with Crippen molar-refractivity contribution in [3.8, 4) is 16.5 Å². The lowest BCUT2D eigenvalue weighted by Crippen LogP contribution is -2.29. The summed E-state index contributed by atoms with van der Waals surface area (Å²) in [5.74, 6) is 0.382. The van der Waals surface area contributed by atoms with E-state index in [9.17, 15) is 9.90 Å². The zero-order chi connectivity index (χ0) is 17.1. The van der Waals surface area contributed by atoms with Crippen molar-refractivity contribution in [3.63, 3.8) is 0 Å². The Morgan fingerprint density at radius 3 is 2.92 bits per heavy atom. The van der Waals surface area contributed by atoms with Gasteiger partial charge in [-0.05, 0) is 36.9 Å². The molecule has 24 heavy (non-hydrogen) atoms. The monoisotopic (exact) mass is 346 g/mol. The second-order valence-corrected chi connectivity index (χ2v) is 6.51. The molecule has 0 aliphatic rings. The van der Waals surface area contributed by atoms with E-state index < -0.39 is 11.9 Å². The van der Waals surface area contributed by atoms with E-state index in [0.717, 1.165) is 20.7 Å². The Balaban J connectivity index is 1.63. The maximum absolute atomic E-state index is 11.8. The van der Waals surface area contributed by atoms with Crippen molar-refractivity contribution < 1.29 is 14.3 Å². The Morgan fingerprint density at radius 2 is 2.21 bits per heavy atom. The molecule has 2 heterocycles. The van der Waals surface area contributed by atoms with E-state index in [4.69, 9.17) is 9.15 Å². The Morgan fingerprint density at radius 1 is 1.38 bits per heavy atom. The predicted molar refractivity (Wildman–Crippen MR) is 91.5 cm³/mol. The van der Waals surface area contributed by atoms with Crippen molar-refractivity contribution in [1.29, 1.82) is 0 Å². The van der Waals surface area contributed by atoms with Crippen LogP contribution in [0.1, 0.15) is 11.1 Å². The smallest absolute Gasteiger partial charge is 0.437 e. The summed E-state index contributed by atoms with van der Waals surface area (Å²) in [6.07, 6.45) is -0.871. The molecule has 1 aromatic carbocycles. The number of thiophene rings is 1. The fraction of sp³-hybridized carbons (Fsp3) is 0.294. The maximum Gasteiger partial charge on any atom is 0.437 e. The molecule has 0 aliphatic carbocycles. The third-order valence-electron chi connectivity index (χ3n) is 3.48. The summed E-state index contributed by atoms with van der Waals surface area (Å²) in [6.45, 7) is 4.04. The molecule has 126 valence electrons. The summed E-state index contributed by atoms with van der Waals surface area (Å²) < 4.78 is 11.8. The molecule has 0 saturated carbocycles. The molecule has 0 amide bonds. The number of aromatic nitrogens is 2. The number of aliphatic hydroxyl groups excluding tert-OH is 1. The summed E-state index contributed by atoms with van der Waals surface area (Å²) in [6, 6.07) is 9.50. The number of hydrogen-bond donors (Lipinski definition) is 1. The summed E-state index contributed by atoms with van der Waals surface area (Å²) in [7, 11) is 0. The Hall–Kier alpha value is -2.38. The van der Waals surface area contributed by atoms with Gasteiger partial charge < -0.3 is 14.3 Å². The molecule has 0 bridgehead atoms. The van der Waals surface area contributed by atoms with Gasteiger partial charge in [0.25, 0.3) is 5.89 Å². The van der Waals surface area contributed by atoms with Gasteiger partial charge in [0.05, 0.1) is 11.4 Å². The maximum atomic E-state index is 11.8. The summed E-state index contributed by atoms with van der Waals surface area (Å²) in [4.78, 5) is 12.6. The summed E-state index contributed by atoms with van der Waals surface area (Å²) in [5.41, 5.74) is 2.15. The van der Waals surface area contributed by atoms with E-state index in [1.165, 1.54) is 11.3 Å². The average Bonchev–Trinajstić information content (AvgIpc) is 3.17. The molecule has 0 radical (unpaired) electrons. The Kier molecular flexibility index (Phi) is 4.82. The van der Waals surface area contributed by atoms with Crippen LogP contribution in [-0.2, 0) is 6.54 Å². The first-order valence-electron chi connectivity index (χ1n) is 7.53. The molecule has 6 nitrogen and oxygen atoms in total. The lowest BCUT2D eigenvalue weighted by molar-refractivity contribution is 0.0872. The van der Waals surface area contributed by atoms with Gasteiger partial charge in [0.1, 0.15) is 18.5 Å². The van der Waals surface area contributed by atoms with Crippen LogP contribution >= 0.6 is 11.3 Å². The van der Waals surface area contributed by atoms with Gasteiger partial charge in [-0.1, -0.05) is 23.8 Å². The van der Waals surface area contributed by atoms with Gasteiger partial charge in [-0.2, -0.15) is 4.68 Å². The Labute approximate surface area is 142 Å². The largest absolute Gasteiger partial charge is 0.491 e. The first kappa shape index (κ1) is 16.5. The highest BCUT2D eigenvalue weighted by atomic mass is 32.1. The number of ether oxygens (including phenoxy) is 1. The topological polar surface area (TPSA) is 77.5 Å². The van der Waals surface area contributed by atoms with Crippen LogP contribution in [-0.4, -0.2) is 27.6 Å². The van der Waals surface area contributed by atoms with E-state index in [1.807, 2.05) is 49.6 Å². The van der Waals surface area contributed by atoms with Crippen LogP contribution in [0.2, 0.25) is 0 Å². The van der Waals surface area contributed by atoms with Crippen molar-refractivity contribution in [2.24, 2.45) is 0 Å². The highest BCUT2D eigenvalue weighted by Gasteiger charge is 2.15. The van der Waals surface area contributed by atoms with Crippen LogP contribution in [0.5, 0.6) is 5.75 Å². The third-order valence-corrected chi connectivity index (χ3v) is 4.34. The predicted octanol–water partition coefficient (Wildman–Crippen LogP) is 2.62. The van der Waals surface area contributed by atoms with Crippen molar-refractivity contribution in [3.05, 3.63) is 57.4 Å². The van der Waals surface area contributed by atoms with Gasteiger partial charge in [0, 0.05) is 0 Å². The van der Waals surface area contributed by atoms with Gasteiger partial charge in [-0.15, -0.1) is 16.4 Å². The Bertz CT molecular complexity index is 867. The molecular formula is C17H18N2O4S. The summed E-state index contributed by atoms with van der Waals surface area (Å²) >= 11 is 1.43. The van der Waals surface area contributed by atoms with Crippen LogP contribution in [0.15, 0.2) is 44.9 Å². The average molecular weight is 346 g/mol. The second kappa shape index (κ2) is 7.02. The fourth-order valence-electron chi connectivity index (χ4n) is 2.32. The van der Waals surface area contributed by atoms with E-state index in [1.54, 1.807) is 0 Å². The zero-order valence-corrected chi connectivity index (χ0v) is 14.2. The standard InChI is InChI=1S/C17H18N2O4S/c1-11-5-6-14(12(2)8-11)22-10-13(20)9-19-17(21)23-16(18-19)15-4-3-7-24-15/h3-8,13,20H,9-10H2,1-2H3/t13-/m0/s1. The van der Waals surface area contributed by atoms with Gasteiger partial charge >= 0.3 is 5.76 Å². The van der Waals surface area contributed by atoms with E-state index >= 15 is 0 Å². The van der Waals surface area contributed by atoms with E-state index in [2.05, 4.69) is 5.10 Å². The van der Waals surface area contributed by atoms with E-state index in [0.29, 0.717) is 5.75 Å². The molecule has 0 saturated heterocycles. The molecule has 2 aromatic heterocycles. The first-order chi connectivity index (χ1) is 11.5. The number of rotatable bonds is 6. The SMILES string of the molecule is Cc1ccc(OC[C@@H](O)Cn2nc(-c3cccs3)oc2=O)c(C)c1. The minimum atomic E-state index is -0.871. The zero-order valence-electron chi connectivity index (χ0n) is 13.4. The normalized spacial score (nSPS) is 12.3. The number of hydrogen-bond acceptors (Lipinski definition) is 6. The lowest BCUT2D eigenvalue weighted by atomic mass is 10.1. The molecule has 1 atom stereocenters. The van der Waals surface area contributed by atoms with Crippen LogP contribution in [0.25, 0.3) is 10.8 Å². The second-order valence-electron chi connectivity index (χ2n) is 5.57. The van der Waals surface area contributed by atoms with Crippen molar-refractivity contribution in [1.82, 2.24) is 9.78 Å². The lowest BCUT2D eigenvalue weighted by Gasteiger charge is -2.13. The minimum Gasteiger partial charge on any atom is -0.491 e. The molecule has 3 rings (SSSR count). The molecule has 1 N–H and O–H groups in total. The van der Waals surface area contributed by atoms with Gasteiger partial charge in [0.2, 0.25) is 0 Å². The van der Waals surface area contributed by atoms with Crippen molar-refractivity contribution in [2.45, 2.75) is 26.5 Å². The number of benzene rings is 1. The molecule has 0 aliphatic heterocycles. The van der Waals surface area contributed by atoms with Crippen LogP contribution in [0.4, 0.5) is 0 Å². The molecule has 7 heteroatoms. The molecular weight excluding hydrogens is 328 g/mol. The fourth-order valence-corrected chi connectivity index (χ4v) is 2.97. The van der Waals surface area contributed by atoms with Gasteiger partial charge in [-0.25, -0.2) is 4.79 Å².